The molecule has 0 aliphatic carbocycles. The van der Waals surface area contributed by atoms with E-state index < -0.39 is 7.12 Å². The van der Waals surface area contributed by atoms with Crippen LogP contribution < -0.4 is 5.46 Å². The minimum absolute atomic E-state index is 0.525. The van der Waals surface area contributed by atoms with Gasteiger partial charge in [-0.2, -0.15) is 17.5 Å². The van der Waals surface area contributed by atoms with E-state index in [2.05, 4.69) is 85.8 Å². The van der Waals surface area contributed by atoms with Gasteiger partial charge in [0, 0.05) is 20.1 Å². The van der Waals surface area contributed by atoms with Crippen LogP contribution in [0.3, 0.4) is 0 Å². The lowest BCUT2D eigenvalue weighted by Crippen LogP contribution is -2.29. The number of hydrogen-bond donors (Lipinski definition) is 2. The van der Waals surface area contributed by atoms with Crippen LogP contribution in [0.2, 0.25) is 0 Å². The smallest absolute Gasteiger partial charge is 0.423 e. The van der Waals surface area contributed by atoms with E-state index in [1.807, 2.05) is 54.6 Å². The second kappa shape index (κ2) is 14.0. The molecule has 0 amide bonds. The van der Waals surface area contributed by atoms with Gasteiger partial charge in [-0.25, -0.2) is 0 Å². The Morgan fingerprint density at radius 2 is 0.829 bits per heavy atom. The molecule has 0 atom stereocenters. The molecule has 0 radical (unpaired) electrons. The van der Waals surface area contributed by atoms with Gasteiger partial charge in [0.25, 0.3) is 0 Å². The molecule has 0 saturated carbocycles. The molecule has 0 fully saturated rings. The van der Waals surface area contributed by atoms with Crippen molar-refractivity contribution in [3.63, 3.8) is 0 Å². The average molecular weight is 704 g/mol. The molecule has 2 aromatic heterocycles. The molecule has 202 valence electrons. The van der Waals surface area contributed by atoms with Crippen molar-refractivity contribution in [2.24, 2.45) is 0 Å². The Morgan fingerprint density at radius 1 is 0.463 bits per heavy atom. The van der Waals surface area contributed by atoms with E-state index in [1.54, 1.807) is 24.3 Å². The number of benzene rings is 5. The van der Waals surface area contributed by atoms with Crippen molar-refractivity contribution in [2.75, 3.05) is 0 Å². The van der Waals surface area contributed by atoms with Crippen LogP contribution in [0.1, 0.15) is 0 Å². The first-order valence-electron chi connectivity index (χ1n) is 12.4. The van der Waals surface area contributed by atoms with Gasteiger partial charge < -0.3 is 10.0 Å². The molecule has 6 nitrogen and oxygen atoms in total. The SMILES string of the molecule is Brc1ccc(Br)c2nsnc12.OB(O)c1ccccc1.c1ccc(-c2ccc(-c3ccccc3)c3nsnc23)cc1. The Balaban J connectivity index is 0.000000141. The van der Waals surface area contributed by atoms with Crippen LogP contribution in [0.4, 0.5) is 0 Å². The molecule has 0 aliphatic rings. The van der Waals surface area contributed by atoms with E-state index in [0.717, 1.165) is 42.1 Å². The van der Waals surface area contributed by atoms with Crippen molar-refractivity contribution in [2.45, 2.75) is 0 Å². The molecule has 0 unspecified atom stereocenters. The maximum Gasteiger partial charge on any atom is 0.488 e. The van der Waals surface area contributed by atoms with Crippen molar-refractivity contribution in [1.82, 2.24) is 17.5 Å². The molecular formula is C30H21BBr2N4O2S2. The highest BCUT2D eigenvalue weighted by Gasteiger charge is 2.13. The number of fused-ring (bicyclic) bond motifs is 2. The number of nitrogens with zero attached hydrogens (tertiary/aromatic N) is 4. The summed E-state index contributed by atoms with van der Waals surface area (Å²) in [6, 6.07) is 37.5. The highest BCUT2D eigenvalue weighted by molar-refractivity contribution is 9.11. The Morgan fingerprint density at radius 3 is 1.20 bits per heavy atom. The minimum Gasteiger partial charge on any atom is -0.423 e. The van der Waals surface area contributed by atoms with E-state index in [1.165, 1.54) is 34.6 Å². The molecule has 7 aromatic rings. The topological polar surface area (TPSA) is 92.0 Å². The lowest BCUT2D eigenvalue weighted by Gasteiger charge is -2.06. The lowest BCUT2D eigenvalue weighted by atomic mass is 9.81. The van der Waals surface area contributed by atoms with Gasteiger partial charge in [-0.05, 0) is 60.6 Å². The maximum absolute atomic E-state index is 8.58. The van der Waals surface area contributed by atoms with Crippen molar-refractivity contribution < 1.29 is 10.0 Å². The highest BCUT2D eigenvalue weighted by atomic mass is 79.9. The lowest BCUT2D eigenvalue weighted by molar-refractivity contribution is 0.426. The summed E-state index contributed by atoms with van der Waals surface area (Å²) in [6.07, 6.45) is 0. The summed E-state index contributed by atoms with van der Waals surface area (Å²) in [5, 5.41) is 17.2. The average Bonchev–Trinajstić information content (AvgIpc) is 3.72. The zero-order valence-electron chi connectivity index (χ0n) is 21.3. The van der Waals surface area contributed by atoms with Crippen LogP contribution in [0.5, 0.6) is 0 Å². The molecule has 7 rings (SSSR count). The van der Waals surface area contributed by atoms with E-state index in [9.17, 15) is 0 Å². The van der Waals surface area contributed by atoms with E-state index in [-0.39, 0.29) is 0 Å². The third-order valence-electron chi connectivity index (χ3n) is 6.00. The third kappa shape index (κ3) is 7.13. The molecule has 2 N–H and O–H groups in total. The van der Waals surface area contributed by atoms with Gasteiger partial charge in [-0.1, -0.05) is 103 Å². The Labute approximate surface area is 262 Å². The van der Waals surface area contributed by atoms with Gasteiger partial charge in [0.1, 0.15) is 22.1 Å². The number of hydrogen-bond acceptors (Lipinski definition) is 8. The Bertz CT molecular complexity index is 1750. The number of rotatable bonds is 3. The van der Waals surface area contributed by atoms with Crippen molar-refractivity contribution in [3.8, 4) is 22.3 Å². The molecule has 11 heteroatoms. The first-order valence-corrected chi connectivity index (χ1v) is 15.4. The molecule has 0 spiro atoms. The van der Waals surface area contributed by atoms with E-state index >= 15 is 0 Å². The first-order chi connectivity index (χ1) is 20.0. The highest BCUT2D eigenvalue weighted by Crippen LogP contribution is 2.34. The predicted octanol–water partition coefficient (Wildman–Crippen LogP) is 7.61. The fourth-order valence-electron chi connectivity index (χ4n) is 4.00. The second-order valence-electron chi connectivity index (χ2n) is 8.63. The van der Waals surface area contributed by atoms with Crippen LogP contribution >= 0.6 is 55.3 Å². The second-order valence-corrected chi connectivity index (χ2v) is 11.4. The number of aromatic nitrogens is 4. The fraction of sp³-hybridized carbons (Fsp3) is 0. The van der Waals surface area contributed by atoms with Gasteiger partial charge in [0.2, 0.25) is 0 Å². The van der Waals surface area contributed by atoms with E-state index in [0.29, 0.717) is 5.46 Å². The molecule has 0 saturated heterocycles. The maximum atomic E-state index is 8.58. The summed E-state index contributed by atoms with van der Waals surface area (Å²) in [6.45, 7) is 0. The summed E-state index contributed by atoms with van der Waals surface area (Å²) >= 11 is 9.28. The summed E-state index contributed by atoms with van der Waals surface area (Å²) in [7, 11) is -1.34. The van der Waals surface area contributed by atoms with Crippen LogP contribution in [0.15, 0.2) is 124 Å². The van der Waals surface area contributed by atoms with Gasteiger partial charge in [0.05, 0.1) is 23.5 Å². The molecule has 0 aliphatic heterocycles. The Hall–Kier alpha value is -3.32. The fourth-order valence-corrected chi connectivity index (χ4v) is 6.20. The molecule has 2 heterocycles. The van der Waals surface area contributed by atoms with Gasteiger partial charge >= 0.3 is 7.12 Å². The standard InChI is InChI=1S/C18H12N2S.C6H7BO2.C6H2Br2N2S/c1-3-7-13(8-4-1)15-11-12-16(14-9-5-2-6-10-14)18-17(15)19-21-20-18;8-7(9)6-4-2-1-3-5-6;7-3-1-2-4(8)6-5(3)9-11-10-6/h1-12H;1-5,8-9H;1-2H. The number of halogens is 2. The van der Waals surface area contributed by atoms with Gasteiger partial charge in [-0.3, -0.25) is 0 Å². The van der Waals surface area contributed by atoms with Crippen LogP contribution in [-0.4, -0.2) is 34.7 Å². The van der Waals surface area contributed by atoms with Crippen LogP contribution in [0.25, 0.3) is 44.3 Å². The summed E-state index contributed by atoms with van der Waals surface area (Å²) in [4.78, 5) is 0. The zero-order valence-corrected chi connectivity index (χ0v) is 26.1. The summed E-state index contributed by atoms with van der Waals surface area (Å²) in [5.74, 6) is 0. The molecule has 0 bridgehead atoms. The zero-order chi connectivity index (χ0) is 28.6. The Kier molecular flexibility index (Phi) is 9.99. The first kappa shape index (κ1) is 29.2. The molecule has 41 heavy (non-hydrogen) atoms. The molecular weight excluding hydrogens is 683 g/mol. The minimum atomic E-state index is -1.34. The predicted molar refractivity (Wildman–Crippen MR) is 177 cm³/mol. The molecule has 5 aromatic carbocycles. The quantitative estimate of drug-likeness (QED) is 0.184. The summed E-state index contributed by atoms with van der Waals surface area (Å²) in [5.41, 5.74) is 8.95. The summed E-state index contributed by atoms with van der Waals surface area (Å²) < 4.78 is 19.3. The van der Waals surface area contributed by atoms with Gasteiger partial charge in [0.15, 0.2) is 0 Å². The van der Waals surface area contributed by atoms with Crippen LogP contribution in [0, 0.1) is 0 Å². The van der Waals surface area contributed by atoms with Crippen molar-refractivity contribution in [3.05, 3.63) is 124 Å². The monoisotopic (exact) mass is 702 g/mol. The van der Waals surface area contributed by atoms with Crippen molar-refractivity contribution >= 4 is 90.0 Å². The van der Waals surface area contributed by atoms with Crippen LogP contribution in [-0.2, 0) is 0 Å². The third-order valence-corrected chi connectivity index (χ3v) is 8.34. The largest absolute Gasteiger partial charge is 0.488 e. The van der Waals surface area contributed by atoms with Crippen molar-refractivity contribution in [1.29, 1.82) is 0 Å². The normalized spacial score (nSPS) is 10.4. The van der Waals surface area contributed by atoms with Gasteiger partial charge in [-0.15, -0.1) is 0 Å². The van der Waals surface area contributed by atoms with E-state index in [4.69, 9.17) is 10.0 Å².